The van der Waals surface area contributed by atoms with Crippen molar-refractivity contribution in [3.8, 4) is 5.69 Å². The molecular formula is C13H15N5O3S. The summed E-state index contributed by atoms with van der Waals surface area (Å²) in [5.41, 5.74) is 2.11. The third-order valence-electron chi connectivity index (χ3n) is 3.62. The molecule has 1 atom stereocenters. The number of amides is 1. The molecule has 1 amide bonds. The van der Waals surface area contributed by atoms with Gasteiger partial charge in [0, 0.05) is 11.6 Å². The van der Waals surface area contributed by atoms with Crippen molar-refractivity contribution in [2.45, 2.75) is 19.4 Å². The molecule has 1 saturated heterocycles. The van der Waals surface area contributed by atoms with Gasteiger partial charge < -0.3 is 5.32 Å². The van der Waals surface area contributed by atoms with E-state index in [0.717, 1.165) is 11.3 Å². The standard InChI is InChI=1S/C13H15N5O3S/c1-9-6-10(2-3-12(9)18-8-14-16-17-18)13(19)15-11-4-5-22(20,21)7-11/h2-3,6,8,11H,4-5,7H2,1H3,(H,15,19)/t11-/m0/s1. The molecule has 22 heavy (non-hydrogen) atoms. The van der Waals surface area contributed by atoms with Gasteiger partial charge in [0.1, 0.15) is 6.33 Å². The van der Waals surface area contributed by atoms with Crippen LogP contribution in [0.5, 0.6) is 0 Å². The summed E-state index contributed by atoms with van der Waals surface area (Å²) in [5, 5.41) is 13.7. The molecule has 0 unspecified atom stereocenters. The Bertz CT molecular complexity index is 801. The van der Waals surface area contributed by atoms with E-state index >= 15 is 0 Å². The number of nitrogens with one attached hydrogen (secondary N) is 1. The second kappa shape index (κ2) is 5.48. The second-order valence-corrected chi connectivity index (χ2v) is 7.56. The Kier molecular flexibility index (Phi) is 3.65. The molecule has 0 aliphatic carbocycles. The summed E-state index contributed by atoms with van der Waals surface area (Å²) in [6, 6.07) is 4.85. The number of tetrazole rings is 1. The molecule has 8 nitrogen and oxygen atoms in total. The van der Waals surface area contributed by atoms with Crippen molar-refractivity contribution >= 4 is 15.7 Å². The zero-order valence-electron chi connectivity index (χ0n) is 11.9. The quantitative estimate of drug-likeness (QED) is 0.845. The van der Waals surface area contributed by atoms with Crippen molar-refractivity contribution < 1.29 is 13.2 Å². The van der Waals surface area contributed by atoms with Crippen molar-refractivity contribution in [3.63, 3.8) is 0 Å². The Morgan fingerprint density at radius 1 is 1.41 bits per heavy atom. The second-order valence-electron chi connectivity index (χ2n) is 5.33. The minimum Gasteiger partial charge on any atom is -0.348 e. The van der Waals surface area contributed by atoms with E-state index < -0.39 is 9.84 Å². The lowest BCUT2D eigenvalue weighted by Gasteiger charge is -2.12. The number of carbonyl (C=O) groups excluding carboxylic acids is 1. The molecule has 3 rings (SSSR count). The molecule has 1 aliphatic rings. The van der Waals surface area contributed by atoms with Gasteiger partial charge in [-0.25, -0.2) is 13.1 Å². The summed E-state index contributed by atoms with van der Waals surface area (Å²) < 4.78 is 24.3. The fraction of sp³-hybridized carbons (Fsp3) is 0.385. The van der Waals surface area contributed by atoms with Crippen LogP contribution in [0, 0.1) is 6.92 Å². The average Bonchev–Trinajstić information content (AvgIpc) is 3.08. The third-order valence-corrected chi connectivity index (χ3v) is 5.39. The number of carbonyl (C=O) groups is 1. The maximum absolute atomic E-state index is 12.2. The maximum Gasteiger partial charge on any atom is 0.251 e. The number of rotatable bonds is 3. The van der Waals surface area contributed by atoms with E-state index in [1.54, 1.807) is 18.2 Å². The summed E-state index contributed by atoms with van der Waals surface area (Å²) in [6.45, 7) is 1.85. The lowest BCUT2D eigenvalue weighted by atomic mass is 10.1. The first-order valence-electron chi connectivity index (χ1n) is 6.80. The zero-order chi connectivity index (χ0) is 15.7. The van der Waals surface area contributed by atoms with Crippen molar-refractivity contribution in [2.24, 2.45) is 0 Å². The van der Waals surface area contributed by atoms with Crippen LogP contribution in [0.2, 0.25) is 0 Å². The number of hydrogen-bond acceptors (Lipinski definition) is 6. The molecule has 0 spiro atoms. The van der Waals surface area contributed by atoms with Crippen LogP contribution in [-0.2, 0) is 9.84 Å². The minimum atomic E-state index is -3.01. The van der Waals surface area contributed by atoms with Gasteiger partial charge >= 0.3 is 0 Å². The number of hydrogen-bond donors (Lipinski definition) is 1. The minimum absolute atomic E-state index is 0.0143. The summed E-state index contributed by atoms with van der Waals surface area (Å²) in [6.07, 6.45) is 1.95. The monoisotopic (exact) mass is 321 g/mol. The lowest BCUT2D eigenvalue weighted by molar-refractivity contribution is 0.0941. The molecule has 1 aliphatic heterocycles. The summed E-state index contributed by atoms with van der Waals surface area (Å²) in [7, 11) is -3.01. The molecule has 1 aromatic heterocycles. The molecule has 0 bridgehead atoms. The van der Waals surface area contributed by atoms with Crippen LogP contribution >= 0.6 is 0 Å². The third kappa shape index (κ3) is 2.98. The van der Waals surface area contributed by atoms with Crippen LogP contribution in [0.15, 0.2) is 24.5 Å². The highest BCUT2D eigenvalue weighted by atomic mass is 32.2. The Morgan fingerprint density at radius 2 is 2.23 bits per heavy atom. The number of nitrogens with zero attached hydrogens (tertiary/aromatic N) is 4. The zero-order valence-corrected chi connectivity index (χ0v) is 12.7. The molecule has 116 valence electrons. The molecule has 0 radical (unpaired) electrons. The van der Waals surface area contributed by atoms with E-state index in [1.165, 1.54) is 11.0 Å². The molecule has 0 saturated carbocycles. The van der Waals surface area contributed by atoms with Crippen LogP contribution in [-0.4, -0.2) is 52.1 Å². The normalized spacial score (nSPS) is 20.0. The van der Waals surface area contributed by atoms with Crippen LogP contribution < -0.4 is 5.32 Å². The highest BCUT2D eigenvalue weighted by Crippen LogP contribution is 2.16. The molecule has 2 aromatic rings. The van der Waals surface area contributed by atoms with Crippen molar-refractivity contribution in [2.75, 3.05) is 11.5 Å². The van der Waals surface area contributed by atoms with E-state index in [-0.39, 0.29) is 23.5 Å². The Morgan fingerprint density at radius 3 is 2.82 bits per heavy atom. The number of sulfone groups is 1. The van der Waals surface area contributed by atoms with Crippen LogP contribution in [0.3, 0.4) is 0 Å². The summed E-state index contributed by atoms with van der Waals surface area (Å²) in [4.78, 5) is 12.2. The molecule has 1 N–H and O–H groups in total. The number of benzene rings is 1. The summed E-state index contributed by atoms with van der Waals surface area (Å²) in [5.74, 6) is -0.121. The van der Waals surface area contributed by atoms with E-state index in [4.69, 9.17) is 0 Å². The van der Waals surface area contributed by atoms with Gasteiger partial charge in [0.2, 0.25) is 0 Å². The van der Waals surface area contributed by atoms with Crippen LogP contribution in [0.4, 0.5) is 0 Å². The highest BCUT2D eigenvalue weighted by Gasteiger charge is 2.29. The number of aryl methyl sites for hydroxylation is 1. The first-order chi connectivity index (χ1) is 10.4. The first kappa shape index (κ1) is 14.6. The van der Waals surface area contributed by atoms with Crippen molar-refractivity contribution in [1.29, 1.82) is 0 Å². The first-order valence-corrected chi connectivity index (χ1v) is 8.62. The maximum atomic E-state index is 12.2. The van der Waals surface area contributed by atoms with Gasteiger partial charge in [-0.2, -0.15) is 0 Å². The lowest BCUT2D eigenvalue weighted by Crippen LogP contribution is -2.35. The van der Waals surface area contributed by atoms with Gasteiger partial charge in [0.05, 0.1) is 17.2 Å². The fourth-order valence-corrected chi connectivity index (χ4v) is 4.18. The Balaban J connectivity index is 1.75. The molecule has 9 heteroatoms. The van der Waals surface area contributed by atoms with Gasteiger partial charge in [-0.3, -0.25) is 4.79 Å². The SMILES string of the molecule is Cc1cc(C(=O)N[C@H]2CCS(=O)(=O)C2)ccc1-n1cnnn1. The van der Waals surface area contributed by atoms with Gasteiger partial charge in [0.15, 0.2) is 9.84 Å². The van der Waals surface area contributed by atoms with E-state index in [2.05, 4.69) is 20.8 Å². The van der Waals surface area contributed by atoms with Crippen LogP contribution in [0.1, 0.15) is 22.3 Å². The predicted octanol–water partition coefficient (Wildman–Crippen LogP) is -0.112. The van der Waals surface area contributed by atoms with Crippen molar-refractivity contribution in [3.05, 3.63) is 35.7 Å². The largest absolute Gasteiger partial charge is 0.348 e. The van der Waals surface area contributed by atoms with E-state index in [1.807, 2.05) is 6.92 Å². The average molecular weight is 321 g/mol. The highest BCUT2D eigenvalue weighted by molar-refractivity contribution is 7.91. The van der Waals surface area contributed by atoms with E-state index in [9.17, 15) is 13.2 Å². The van der Waals surface area contributed by atoms with Gasteiger partial charge in [-0.1, -0.05) is 0 Å². The van der Waals surface area contributed by atoms with Gasteiger partial charge in [-0.05, 0) is 47.5 Å². The predicted molar refractivity (Wildman–Crippen MR) is 78.4 cm³/mol. The van der Waals surface area contributed by atoms with Gasteiger partial charge in [0.25, 0.3) is 5.91 Å². The summed E-state index contributed by atoms with van der Waals surface area (Å²) >= 11 is 0. The fourth-order valence-electron chi connectivity index (χ4n) is 2.50. The topological polar surface area (TPSA) is 107 Å². The molecular weight excluding hydrogens is 306 g/mol. The smallest absolute Gasteiger partial charge is 0.251 e. The number of aromatic nitrogens is 4. The van der Waals surface area contributed by atoms with Crippen molar-refractivity contribution in [1.82, 2.24) is 25.5 Å². The molecule has 2 heterocycles. The van der Waals surface area contributed by atoms with Crippen LogP contribution in [0.25, 0.3) is 5.69 Å². The Hall–Kier alpha value is -2.29. The molecule has 1 fully saturated rings. The Labute approximate surface area is 127 Å². The van der Waals surface area contributed by atoms with E-state index in [0.29, 0.717) is 12.0 Å². The molecule has 1 aromatic carbocycles. The van der Waals surface area contributed by atoms with Gasteiger partial charge in [-0.15, -0.1) is 5.10 Å².